The van der Waals surface area contributed by atoms with Gasteiger partial charge in [-0.05, 0) is 59.7 Å². The first kappa shape index (κ1) is 16.1. The molecule has 0 saturated heterocycles. The van der Waals surface area contributed by atoms with Crippen LogP contribution in [-0.4, -0.2) is 17.1 Å². The van der Waals surface area contributed by atoms with Crippen LogP contribution < -0.4 is 15.6 Å². The Morgan fingerprint density at radius 3 is 2.62 bits per heavy atom. The van der Waals surface area contributed by atoms with Gasteiger partial charge in [0.2, 0.25) is 0 Å². The molecule has 0 amide bonds. The number of rotatable bonds is 4. The normalized spacial score (nSPS) is 11.0. The number of nitrogens with zero attached hydrogens (tertiary/aromatic N) is 1. The van der Waals surface area contributed by atoms with Crippen molar-refractivity contribution in [1.82, 2.24) is 9.97 Å². The summed E-state index contributed by atoms with van der Waals surface area (Å²) < 4.78 is 5.17. The summed E-state index contributed by atoms with van der Waals surface area (Å²) in [6, 6.07) is 17.9. The number of aromatic nitrogens is 2. The number of nitrogens with one attached hydrogen (secondary N) is 2. The van der Waals surface area contributed by atoms with Gasteiger partial charge in [-0.15, -0.1) is 0 Å². The minimum absolute atomic E-state index is 0.0987. The molecule has 3 aromatic carbocycles. The molecule has 4 aromatic rings. The van der Waals surface area contributed by atoms with Crippen LogP contribution in [0, 0.1) is 6.92 Å². The van der Waals surface area contributed by atoms with Crippen molar-refractivity contribution in [2.75, 3.05) is 12.4 Å². The van der Waals surface area contributed by atoms with Crippen molar-refractivity contribution in [3.8, 4) is 5.75 Å². The Balaban J connectivity index is 1.69. The van der Waals surface area contributed by atoms with Crippen molar-refractivity contribution in [1.29, 1.82) is 0 Å². The van der Waals surface area contributed by atoms with E-state index in [2.05, 4.69) is 27.4 Å². The highest BCUT2D eigenvalue weighted by Crippen LogP contribution is 2.23. The molecule has 5 heteroatoms. The highest BCUT2D eigenvalue weighted by molar-refractivity contribution is 6.05. The van der Waals surface area contributed by atoms with Gasteiger partial charge in [-0.25, -0.2) is 4.98 Å². The average Bonchev–Trinajstić information content (AvgIpc) is 2.66. The number of aryl methyl sites for hydroxylation is 1. The lowest BCUT2D eigenvalue weighted by Crippen LogP contribution is -2.10. The molecule has 0 spiro atoms. The smallest absolute Gasteiger partial charge is 0.259 e. The molecule has 0 fully saturated rings. The molecule has 1 heterocycles. The Labute approximate surface area is 150 Å². The van der Waals surface area contributed by atoms with Crippen LogP contribution in [0.4, 0.5) is 5.69 Å². The third-order valence-electron chi connectivity index (χ3n) is 4.46. The van der Waals surface area contributed by atoms with Gasteiger partial charge in [0.25, 0.3) is 5.56 Å². The molecular weight excluding hydrogens is 326 g/mol. The molecule has 26 heavy (non-hydrogen) atoms. The van der Waals surface area contributed by atoms with Crippen LogP contribution in [-0.2, 0) is 6.54 Å². The number of hydrogen-bond acceptors (Lipinski definition) is 4. The Kier molecular flexibility index (Phi) is 4.05. The van der Waals surface area contributed by atoms with E-state index in [0.717, 1.165) is 33.3 Å². The largest absolute Gasteiger partial charge is 0.497 e. The Morgan fingerprint density at radius 2 is 1.85 bits per heavy atom. The SMILES string of the molecule is COc1ccc(NCc2ccc3ccc4nc(C)[nH]c(=O)c4c3c2)cc1. The fourth-order valence-corrected chi connectivity index (χ4v) is 3.15. The molecule has 0 aliphatic rings. The van der Waals surface area contributed by atoms with E-state index < -0.39 is 0 Å². The van der Waals surface area contributed by atoms with Gasteiger partial charge in [-0.3, -0.25) is 4.79 Å². The number of aromatic amines is 1. The average molecular weight is 345 g/mol. The zero-order chi connectivity index (χ0) is 18.1. The van der Waals surface area contributed by atoms with Gasteiger partial charge in [0.1, 0.15) is 11.6 Å². The highest BCUT2D eigenvalue weighted by atomic mass is 16.5. The maximum absolute atomic E-state index is 12.4. The Hall–Kier alpha value is -3.34. The van der Waals surface area contributed by atoms with Crippen LogP contribution in [0.5, 0.6) is 5.75 Å². The van der Waals surface area contributed by atoms with Crippen LogP contribution in [0.3, 0.4) is 0 Å². The molecular formula is C21H19N3O2. The standard InChI is InChI=1S/C21H19N3O2/c1-13-23-19-10-5-15-4-3-14(11-18(15)20(19)21(25)24-13)12-22-16-6-8-17(26-2)9-7-16/h3-11,22H,12H2,1-2H3,(H,23,24,25). The summed E-state index contributed by atoms with van der Waals surface area (Å²) in [6.07, 6.45) is 0. The lowest BCUT2D eigenvalue weighted by Gasteiger charge is -2.09. The van der Waals surface area contributed by atoms with Crippen LogP contribution >= 0.6 is 0 Å². The number of ether oxygens (including phenoxy) is 1. The first-order chi connectivity index (χ1) is 12.6. The Morgan fingerprint density at radius 1 is 1.08 bits per heavy atom. The lowest BCUT2D eigenvalue weighted by atomic mass is 10.0. The maximum atomic E-state index is 12.4. The first-order valence-corrected chi connectivity index (χ1v) is 8.44. The van der Waals surface area contributed by atoms with Crippen LogP contribution in [0.1, 0.15) is 11.4 Å². The number of fused-ring (bicyclic) bond motifs is 3. The van der Waals surface area contributed by atoms with Gasteiger partial charge in [-0.1, -0.05) is 18.2 Å². The van der Waals surface area contributed by atoms with Crippen molar-refractivity contribution >= 4 is 27.4 Å². The van der Waals surface area contributed by atoms with Crippen LogP contribution in [0.25, 0.3) is 21.7 Å². The van der Waals surface area contributed by atoms with E-state index in [1.165, 1.54) is 0 Å². The fourth-order valence-electron chi connectivity index (χ4n) is 3.15. The second kappa shape index (κ2) is 6.52. The third kappa shape index (κ3) is 2.99. The van der Waals surface area contributed by atoms with Gasteiger partial charge in [0.05, 0.1) is 18.0 Å². The van der Waals surface area contributed by atoms with Crippen LogP contribution in [0.2, 0.25) is 0 Å². The summed E-state index contributed by atoms with van der Waals surface area (Å²) in [7, 11) is 1.65. The molecule has 4 rings (SSSR count). The first-order valence-electron chi connectivity index (χ1n) is 8.44. The third-order valence-corrected chi connectivity index (χ3v) is 4.46. The van der Waals surface area contributed by atoms with Gasteiger partial charge >= 0.3 is 0 Å². The van der Waals surface area contributed by atoms with Gasteiger partial charge in [-0.2, -0.15) is 0 Å². The zero-order valence-corrected chi connectivity index (χ0v) is 14.7. The molecule has 130 valence electrons. The van der Waals surface area contributed by atoms with Gasteiger partial charge < -0.3 is 15.0 Å². The molecule has 0 bridgehead atoms. The predicted molar refractivity (Wildman–Crippen MR) is 105 cm³/mol. The number of hydrogen-bond donors (Lipinski definition) is 2. The van der Waals surface area contributed by atoms with E-state index in [1.54, 1.807) is 14.0 Å². The topological polar surface area (TPSA) is 67.0 Å². The van der Waals surface area contributed by atoms with Crippen molar-refractivity contribution in [3.05, 3.63) is 76.3 Å². The summed E-state index contributed by atoms with van der Waals surface area (Å²) in [5.41, 5.74) is 2.73. The summed E-state index contributed by atoms with van der Waals surface area (Å²) in [4.78, 5) is 19.7. The summed E-state index contributed by atoms with van der Waals surface area (Å²) in [6.45, 7) is 2.45. The summed E-state index contributed by atoms with van der Waals surface area (Å²) >= 11 is 0. The minimum Gasteiger partial charge on any atom is -0.497 e. The van der Waals surface area contributed by atoms with Crippen molar-refractivity contribution in [2.24, 2.45) is 0 Å². The molecule has 0 atom stereocenters. The number of H-pyrrole nitrogens is 1. The molecule has 5 nitrogen and oxygen atoms in total. The van der Waals surface area contributed by atoms with E-state index in [0.29, 0.717) is 17.8 Å². The van der Waals surface area contributed by atoms with E-state index in [4.69, 9.17) is 4.74 Å². The molecule has 1 aromatic heterocycles. The molecule has 2 N–H and O–H groups in total. The number of methoxy groups -OCH3 is 1. The van der Waals surface area contributed by atoms with E-state index in [9.17, 15) is 4.79 Å². The maximum Gasteiger partial charge on any atom is 0.259 e. The number of benzene rings is 3. The fraction of sp³-hybridized carbons (Fsp3) is 0.143. The van der Waals surface area contributed by atoms with Gasteiger partial charge in [0.15, 0.2) is 0 Å². The highest BCUT2D eigenvalue weighted by Gasteiger charge is 2.07. The minimum atomic E-state index is -0.0987. The summed E-state index contributed by atoms with van der Waals surface area (Å²) in [5.74, 6) is 1.45. The van der Waals surface area contributed by atoms with Crippen LogP contribution in [0.15, 0.2) is 59.4 Å². The molecule has 0 aliphatic carbocycles. The Bertz CT molecular complexity index is 1150. The van der Waals surface area contributed by atoms with Crippen molar-refractivity contribution in [3.63, 3.8) is 0 Å². The lowest BCUT2D eigenvalue weighted by molar-refractivity contribution is 0.415. The van der Waals surface area contributed by atoms with Crippen molar-refractivity contribution < 1.29 is 4.74 Å². The summed E-state index contributed by atoms with van der Waals surface area (Å²) in [5, 5.41) is 5.98. The van der Waals surface area contributed by atoms with E-state index >= 15 is 0 Å². The molecule has 0 unspecified atom stereocenters. The van der Waals surface area contributed by atoms with E-state index in [1.807, 2.05) is 42.5 Å². The van der Waals surface area contributed by atoms with Gasteiger partial charge in [0, 0.05) is 12.2 Å². The zero-order valence-electron chi connectivity index (χ0n) is 14.7. The molecule has 0 radical (unpaired) electrons. The van der Waals surface area contributed by atoms with Crippen molar-refractivity contribution in [2.45, 2.75) is 13.5 Å². The number of anilines is 1. The predicted octanol–water partition coefficient (Wildman–Crippen LogP) is 4.01. The monoisotopic (exact) mass is 345 g/mol. The molecule has 0 aliphatic heterocycles. The second-order valence-electron chi connectivity index (χ2n) is 6.25. The van der Waals surface area contributed by atoms with E-state index in [-0.39, 0.29) is 5.56 Å². The molecule has 0 saturated carbocycles. The second-order valence-corrected chi connectivity index (χ2v) is 6.25. The quantitative estimate of drug-likeness (QED) is 0.549.